The molecule has 0 saturated carbocycles. The number of esters is 2. The molecular formula is C23H26N2O5. The Morgan fingerprint density at radius 1 is 0.967 bits per heavy atom. The van der Waals surface area contributed by atoms with Crippen molar-refractivity contribution in [3.8, 4) is 11.3 Å². The van der Waals surface area contributed by atoms with Gasteiger partial charge in [-0.1, -0.05) is 35.0 Å². The SMILES string of the molecule is CCOC(=O)C1=C(C)NC(C)=C(C(=O)OCC)C1c1cc(-c2ccc(C)cc2)no1. The van der Waals surface area contributed by atoms with Crippen molar-refractivity contribution in [3.63, 3.8) is 0 Å². The van der Waals surface area contributed by atoms with Gasteiger partial charge in [-0.05, 0) is 34.6 Å². The average molecular weight is 410 g/mol. The minimum Gasteiger partial charge on any atom is -0.463 e. The van der Waals surface area contributed by atoms with E-state index in [1.807, 2.05) is 31.2 Å². The molecule has 30 heavy (non-hydrogen) atoms. The molecule has 1 aromatic carbocycles. The van der Waals surface area contributed by atoms with Gasteiger partial charge in [-0.25, -0.2) is 9.59 Å². The molecule has 0 unspecified atom stereocenters. The van der Waals surface area contributed by atoms with Crippen molar-refractivity contribution < 1.29 is 23.6 Å². The highest BCUT2D eigenvalue weighted by Gasteiger charge is 2.40. The topological polar surface area (TPSA) is 90.7 Å². The summed E-state index contributed by atoms with van der Waals surface area (Å²) >= 11 is 0. The van der Waals surface area contributed by atoms with Crippen molar-refractivity contribution in [3.05, 3.63) is 64.2 Å². The van der Waals surface area contributed by atoms with Gasteiger partial charge in [0.15, 0.2) is 0 Å². The Morgan fingerprint density at radius 2 is 1.50 bits per heavy atom. The maximum Gasteiger partial charge on any atom is 0.336 e. The first-order chi connectivity index (χ1) is 14.4. The van der Waals surface area contributed by atoms with Gasteiger partial charge in [0.25, 0.3) is 0 Å². The van der Waals surface area contributed by atoms with Crippen LogP contribution in [-0.4, -0.2) is 30.3 Å². The zero-order chi connectivity index (χ0) is 21.8. The van der Waals surface area contributed by atoms with E-state index >= 15 is 0 Å². The van der Waals surface area contributed by atoms with Crippen LogP contribution < -0.4 is 5.32 Å². The number of aryl methyl sites for hydroxylation is 1. The van der Waals surface area contributed by atoms with Gasteiger partial charge in [0.05, 0.1) is 30.3 Å². The van der Waals surface area contributed by atoms with Crippen LogP contribution in [0.3, 0.4) is 0 Å². The fourth-order valence-corrected chi connectivity index (χ4v) is 3.52. The molecule has 7 nitrogen and oxygen atoms in total. The molecule has 0 saturated heterocycles. The lowest BCUT2D eigenvalue weighted by Gasteiger charge is -2.28. The van der Waals surface area contributed by atoms with Gasteiger partial charge in [0, 0.05) is 23.0 Å². The molecule has 0 spiro atoms. The number of hydrogen-bond acceptors (Lipinski definition) is 7. The lowest BCUT2D eigenvalue weighted by molar-refractivity contribution is -0.139. The molecule has 0 fully saturated rings. The van der Waals surface area contributed by atoms with Crippen LogP contribution in [0.4, 0.5) is 0 Å². The number of hydrogen-bond donors (Lipinski definition) is 1. The summed E-state index contributed by atoms with van der Waals surface area (Å²) < 4.78 is 16.2. The number of aromatic nitrogens is 1. The number of ether oxygens (including phenoxy) is 2. The number of carbonyl (C=O) groups is 2. The highest BCUT2D eigenvalue weighted by molar-refractivity contribution is 5.99. The number of allylic oxidation sites excluding steroid dienone is 2. The highest BCUT2D eigenvalue weighted by Crippen LogP contribution is 2.40. The molecular weight excluding hydrogens is 384 g/mol. The van der Waals surface area contributed by atoms with Crippen molar-refractivity contribution in [1.82, 2.24) is 10.5 Å². The third-order valence-electron chi connectivity index (χ3n) is 4.91. The van der Waals surface area contributed by atoms with E-state index in [2.05, 4.69) is 10.5 Å². The lowest BCUT2D eigenvalue weighted by Crippen LogP contribution is -2.32. The Morgan fingerprint density at radius 3 is 2.00 bits per heavy atom. The molecule has 0 radical (unpaired) electrons. The monoisotopic (exact) mass is 410 g/mol. The van der Waals surface area contributed by atoms with Crippen LogP contribution in [0.5, 0.6) is 0 Å². The first kappa shape index (κ1) is 21.4. The molecule has 1 aromatic heterocycles. The molecule has 0 bridgehead atoms. The summed E-state index contributed by atoms with van der Waals surface area (Å²) in [5, 5.41) is 7.27. The van der Waals surface area contributed by atoms with Crippen LogP contribution in [0, 0.1) is 6.92 Å². The van der Waals surface area contributed by atoms with Crippen LogP contribution in [0.25, 0.3) is 11.3 Å². The number of carbonyl (C=O) groups excluding carboxylic acids is 2. The molecule has 0 atom stereocenters. The van der Waals surface area contributed by atoms with Crippen LogP contribution in [-0.2, 0) is 19.1 Å². The number of nitrogens with one attached hydrogen (secondary N) is 1. The minimum absolute atomic E-state index is 0.213. The third-order valence-corrected chi connectivity index (χ3v) is 4.91. The Labute approximate surface area is 175 Å². The second-order valence-corrected chi connectivity index (χ2v) is 7.06. The van der Waals surface area contributed by atoms with Gasteiger partial charge in [-0.15, -0.1) is 0 Å². The van der Waals surface area contributed by atoms with Crippen molar-refractivity contribution >= 4 is 11.9 Å². The quantitative estimate of drug-likeness (QED) is 0.720. The summed E-state index contributed by atoms with van der Waals surface area (Å²) in [6.45, 7) is 9.43. The fraction of sp³-hybridized carbons (Fsp3) is 0.348. The molecule has 0 aliphatic carbocycles. The Hall–Kier alpha value is -3.35. The van der Waals surface area contributed by atoms with Gasteiger partial charge in [-0.3, -0.25) is 0 Å². The molecule has 158 valence electrons. The molecule has 3 rings (SSSR count). The van der Waals surface area contributed by atoms with Crippen LogP contribution >= 0.6 is 0 Å². The second-order valence-electron chi connectivity index (χ2n) is 7.06. The number of rotatable bonds is 6. The molecule has 1 N–H and O–H groups in total. The van der Waals surface area contributed by atoms with Crippen molar-refractivity contribution in [1.29, 1.82) is 0 Å². The van der Waals surface area contributed by atoms with Crippen LogP contribution in [0.1, 0.15) is 44.9 Å². The van der Waals surface area contributed by atoms with E-state index in [4.69, 9.17) is 14.0 Å². The van der Waals surface area contributed by atoms with E-state index in [0.717, 1.165) is 11.1 Å². The third kappa shape index (κ3) is 4.15. The van der Waals surface area contributed by atoms with Crippen molar-refractivity contribution in [2.24, 2.45) is 0 Å². The largest absolute Gasteiger partial charge is 0.463 e. The maximum atomic E-state index is 12.8. The second kappa shape index (κ2) is 8.98. The molecule has 1 aliphatic heterocycles. The van der Waals surface area contributed by atoms with Crippen molar-refractivity contribution in [2.45, 2.75) is 40.5 Å². The van der Waals surface area contributed by atoms with Gasteiger partial charge in [-0.2, -0.15) is 0 Å². The van der Waals surface area contributed by atoms with E-state index < -0.39 is 17.9 Å². The molecule has 7 heteroatoms. The first-order valence-corrected chi connectivity index (χ1v) is 9.93. The number of nitrogens with zero attached hydrogens (tertiary/aromatic N) is 1. The van der Waals surface area contributed by atoms with Gasteiger partial charge in [0.1, 0.15) is 11.5 Å². The lowest BCUT2D eigenvalue weighted by atomic mass is 9.83. The normalized spacial score (nSPS) is 14.6. The molecule has 2 heterocycles. The highest BCUT2D eigenvalue weighted by atomic mass is 16.5. The van der Waals surface area contributed by atoms with E-state index in [1.165, 1.54) is 0 Å². The minimum atomic E-state index is -0.781. The Kier molecular flexibility index (Phi) is 6.40. The Bertz CT molecular complexity index is 974. The Balaban J connectivity index is 2.11. The predicted molar refractivity (Wildman–Crippen MR) is 111 cm³/mol. The summed E-state index contributed by atoms with van der Waals surface area (Å²) in [4.78, 5) is 25.6. The maximum absolute atomic E-state index is 12.8. The number of dihydropyridines is 1. The van der Waals surface area contributed by atoms with Crippen LogP contribution in [0.15, 0.2) is 57.4 Å². The summed E-state index contributed by atoms with van der Waals surface area (Å²) in [5.41, 5.74) is 4.42. The average Bonchev–Trinajstić information content (AvgIpc) is 3.18. The number of benzene rings is 1. The zero-order valence-corrected chi connectivity index (χ0v) is 17.9. The zero-order valence-electron chi connectivity index (χ0n) is 17.9. The van der Waals surface area contributed by atoms with E-state index in [1.54, 1.807) is 33.8 Å². The smallest absolute Gasteiger partial charge is 0.336 e. The fourth-order valence-electron chi connectivity index (χ4n) is 3.52. The summed E-state index contributed by atoms with van der Waals surface area (Å²) in [5.74, 6) is -1.45. The van der Waals surface area contributed by atoms with Gasteiger partial charge < -0.3 is 19.3 Å². The standard InChI is InChI=1S/C23H26N2O5/c1-6-28-22(26)19-14(4)24-15(5)20(23(27)29-7-2)21(19)18-12-17(25-30-18)16-10-8-13(3)9-11-16/h8-12,21,24H,6-7H2,1-5H3. The van der Waals surface area contributed by atoms with Gasteiger partial charge >= 0.3 is 11.9 Å². The first-order valence-electron chi connectivity index (χ1n) is 9.93. The summed E-state index contributed by atoms with van der Waals surface area (Å²) in [6.07, 6.45) is 0. The van der Waals surface area contributed by atoms with Gasteiger partial charge in [0.2, 0.25) is 0 Å². The molecule has 1 aliphatic rings. The summed E-state index contributed by atoms with van der Waals surface area (Å²) in [7, 11) is 0. The van der Waals surface area contributed by atoms with E-state index in [-0.39, 0.29) is 13.2 Å². The summed E-state index contributed by atoms with van der Waals surface area (Å²) in [6, 6.07) is 9.60. The predicted octanol–water partition coefficient (Wildman–Crippen LogP) is 4.01. The molecule has 0 amide bonds. The van der Waals surface area contributed by atoms with Crippen molar-refractivity contribution in [2.75, 3.05) is 13.2 Å². The van der Waals surface area contributed by atoms with E-state index in [9.17, 15) is 9.59 Å². The molecule has 2 aromatic rings. The van der Waals surface area contributed by atoms with Crippen LogP contribution in [0.2, 0.25) is 0 Å². The van der Waals surface area contributed by atoms with E-state index in [0.29, 0.717) is 34.0 Å².